The van der Waals surface area contributed by atoms with Gasteiger partial charge in [0.05, 0.1) is 0 Å². The van der Waals surface area contributed by atoms with E-state index in [1.807, 2.05) is 0 Å². The van der Waals surface area contributed by atoms with Crippen molar-refractivity contribution in [1.29, 1.82) is 0 Å². The molecule has 0 saturated carbocycles. The number of amides is 2. The highest BCUT2D eigenvalue weighted by Gasteiger charge is 2.14. The zero-order valence-corrected chi connectivity index (χ0v) is 14.6. The summed E-state index contributed by atoms with van der Waals surface area (Å²) in [5.74, 6) is -0.662. The molecule has 132 valence electrons. The minimum absolute atomic E-state index is 0.168. The highest BCUT2D eigenvalue weighted by Crippen LogP contribution is 2.20. The second-order valence-electron chi connectivity index (χ2n) is 5.43. The molecule has 7 nitrogen and oxygen atoms in total. The lowest BCUT2D eigenvalue weighted by Crippen LogP contribution is -2.35. The number of rotatable bonds is 4. The van der Waals surface area contributed by atoms with Gasteiger partial charge in [-0.05, 0) is 35.9 Å². The van der Waals surface area contributed by atoms with Crippen molar-refractivity contribution >= 4 is 29.1 Å². The molecule has 0 spiro atoms. The summed E-state index contributed by atoms with van der Waals surface area (Å²) in [5.41, 5.74) is 1.92. The molecular weight excluding hydrogens is 356 g/mol. The van der Waals surface area contributed by atoms with E-state index < -0.39 is 11.8 Å². The Morgan fingerprint density at radius 3 is 2.42 bits per heavy atom. The number of halogens is 1. The third-order valence-electron chi connectivity index (χ3n) is 3.52. The Hall–Kier alpha value is -3.19. The SMILES string of the molecule is Cc1nnc(-c2ccc(NC(=O)C(=O)NCc3ccccc3Cl)cc2)o1. The van der Waals surface area contributed by atoms with Crippen LogP contribution in [0.4, 0.5) is 5.69 Å². The fourth-order valence-electron chi connectivity index (χ4n) is 2.19. The van der Waals surface area contributed by atoms with Crippen LogP contribution in [0.5, 0.6) is 0 Å². The topological polar surface area (TPSA) is 97.1 Å². The van der Waals surface area contributed by atoms with Crippen LogP contribution in [-0.2, 0) is 16.1 Å². The minimum atomic E-state index is -0.765. The van der Waals surface area contributed by atoms with Crippen LogP contribution < -0.4 is 10.6 Å². The number of hydrogen-bond acceptors (Lipinski definition) is 5. The smallest absolute Gasteiger partial charge is 0.313 e. The average molecular weight is 371 g/mol. The molecule has 0 aliphatic heterocycles. The maximum atomic E-state index is 12.0. The Morgan fingerprint density at radius 1 is 1.04 bits per heavy atom. The quantitative estimate of drug-likeness (QED) is 0.688. The Morgan fingerprint density at radius 2 is 1.77 bits per heavy atom. The first-order valence-electron chi connectivity index (χ1n) is 7.76. The molecule has 0 unspecified atom stereocenters. The first-order chi connectivity index (χ1) is 12.5. The molecule has 0 saturated heterocycles. The first kappa shape index (κ1) is 17.6. The summed E-state index contributed by atoms with van der Waals surface area (Å²) < 4.78 is 5.33. The third kappa shape index (κ3) is 4.25. The predicted molar refractivity (Wildman–Crippen MR) is 96.4 cm³/mol. The van der Waals surface area contributed by atoms with E-state index in [2.05, 4.69) is 20.8 Å². The number of anilines is 1. The molecule has 0 fully saturated rings. The second-order valence-corrected chi connectivity index (χ2v) is 5.84. The van der Waals surface area contributed by atoms with Gasteiger partial charge in [-0.3, -0.25) is 9.59 Å². The molecule has 1 heterocycles. The summed E-state index contributed by atoms with van der Waals surface area (Å²) >= 11 is 6.01. The number of benzene rings is 2. The van der Waals surface area contributed by atoms with Crippen LogP contribution in [0.15, 0.2) is 52.9 Å². The van der Waals surface area contributed by atoms with Crippen LogP contribution >= 0.6 is 11.6 Å². The monoisotopic (exact) mass is 370 g/mol. The number of aryl methyl sites for hydroxylation is 1. The fourth-order valence-corrected chi connectivity index (χ4v) is 2.40. The zero-order chi connectivity index (χ0) is 18.5. The molecular formula is C18H15ClN4O3. The van der Waals surface area contributed by atoms with E-state index in [1.54, 1.807) is 55.5 Å². The van der Waals surface area contributed by atoms with Gasteiger partial charge < -0.3 is 15.1 Å². The zero-order valence-electron chi connectivity index (χ0n) is 13.8. The molecule has 0 aliphatic rings. The van der Waals surface area contributed by atoms with E-state index >= 15 is 0 Å². The van der Waals surface area contributed by atoms with Crippen LogP contribution in [0.2, 0.25) is 5.02 Å². The minimum Gasteiger partial charge on any atom is -0.421 e. The van der Waals surface area contributed by atoms with E-state index in [1.165, 1.54) is 0 Å². The van der Waals surface area contributed by atoms with Gasteiger partial charge in [0.1, 0.15) is 0 Å². The van der Waals surface area contributed by atoms with Crippen molar-refractivity contribution in [3.8, 4) is 11.5 Å². The van der Waals surface area contributed by atoms with Gasteiger partial charge >= 0.3 is 11.8 Å². The molecule has 3 aromatic rings. The molecule has 0 radical (unpaired) electrons. The van der Waals surface area contributed by atoms with Gasteiger partial charge in [-0.25, -0.2) is 0 Å². The molecule has 3 rings (SSSR count). The van der Waals surface area contributed by atoms with E-state index in [4.69, 9.17) is 16.0 Å². The Bertz CT molecular complexity index is 938. The van der Waals surface area contributed by atoms with Gasteiger partial charge in [0.15, 0.2) is 0 Å². The number of nitrogens with one attached hydrogen (secondary N) is 2. The molecule has 2 N–H and O–H groups in total. The number of nitrogens with zero attached hydrogens (tertiary/aromatic N) is 2. The van der Waals surface area contributed by atoms with Crippen molar-refractivity contribution in [3.63, 3.8) is 0 Å². The summed E-state index contributed by atoms with van der Waals surface area (Å²) in [6, 6.07) is 13.8. The summed E-state index contributed by atoms with van der Waals surface area (Å²) in [7, 11) is 0. The van der Waals surface area contributed by atoms with Gasteiger partial charge in [-0.2, -0.15) is 0 Å². The molecule has 8 heteroatoms. The number of hydrogen-bond donors (Lipinski definition) is 2. The largest absolute Gasteiger partial charge is 0.421 e. The van der Waals surface area contributed by atoms with Crippen LogP contribution in [0.3, 0.4) is 0 Å². The lowest BCUT2D eigenvalue weighted by Gasteiger charge is -2.08. The van der Waals surface area contributed by atoms with Gasteiger partial charge in [0.25, 0.3) is 0 Å². The fraction of sp³-hybridized carbons (Fsp3) is 0.111. The van der Waals surface area contributed by atoms with Gasteiger partial charge in [-0.1, -0.05) is 29.8 Å². The molecule has 2 aromatic carbocycles. The van der Waals surface area contributed by atoms with Crippen LogP contribution in [-0.4, -0.2) is 22.0 Å². The van der Waals surface area contributed by atoms with Gasteiger partial charge in [0.2, 0.25) is 11.8 Å². The lowest BCUT2D eigenvalue weighted by molar-refractivity contribution is -0.136. The molecule has 1 aromatic heterocycles. The summed E-state index contributed by atoms with van der Waals surface area (Å²) in [5, 5.41) is 13.3. The lowest BCUT2D eigenvalue weighted by atomic mass is 10.2. The third-order valence-corrected chi connectivity index (χ3v) is 3.89. The van der Waals surface area contributed by atoms with Crippen LogP contribution in [0.1, 0.15) is 11.5 Å². The maximum Gasteiger partial charge on any atom is 0.313 e. The van der Waals surface area contributed by atoms with Gasteiger partial charge in [-0.15, -0.1) is 10.2 Å². The van der Waals surface area contributed by atoms with Crippen molar-refractivity contribution in [2.75, 3.05) is 5.32 Å². The molecule has 26 heavy (non-hydrogen) atoms. The first-order valence-corrected chi connectivity index (χ1v) is 8.14. The maximum absolute atomic E-state index is 12.0. The summed E-state index contributed by atoms with van der Waals surface area (Å²) in [6.45, 7) is 1.87. The van der Waals surface area contributed by atoms with E-state index in [9.17, 15) is 9.59 Å². The number of carbonyl (C=O) groups is 2. The van der Waals surface area contributed by atoms with Crippen LogP contribution in [0, 0.1) is 6.92 Å². The average Bonchev–Trinajstić information content (AvgIpc) is 3.07. The second kappa shape index (κ2) is 7.79. The molecule has 0 aliphatic carbocycles. The number of aromatic nitrogens is 2. The van der Waals surface area contributed by atoms with Gasteiger partial charge in [0, 0.05) is 29.7 Å². The highest BCUT2D eigenvalue weighted by atomic mass is 35.5. The highest BCUT2D eigenvalue weighted by molar-refractivity contribution is 6.39. The molecule has 0 atom stereocenters. The van der Waals surface area contributed by atoms with E-state index in [-0.39, 0.29) is 6.54 Å². The standard InChI is InChI=1S/C18H15ClN4O3/c1-11-22-23-18(26-11)12-6-8-14(9-7-12)21-17(25)16(24)20-10-13-4-2-3-5-15(13)19/h2-9H,10H2,1H3,(H,20,24)(H,21,25). The Labute approximate surface area is 154 Å². The molecule has 0 bridgehead atoms. The van der Waals surface area contributed by atoms with Crippen molar-refractivity contribution in [1.82, 2.24) is 15.5 Å². The summed E-state index contributed by atoms with van der Waals surface area (Å²) in [4.78, 5) is 23.9. The van der Waals surface area contributed by atoms with Crippen molar-refractivity contribution in [2.45, 2.75) is 13.5 Å². The normalized spacial score (nSPS) is 10.4. The van der Waals surface area contributed by atoms with E-state index in [0.717, 1.165) is 5.56 Å². The van der Waals surface area contributed by atoms with Crippen molar-refractivity contribution in [2.24, 2.45) is 0 Å². The molecule has 2 amide bonds. The Balaban J connectivity index is 1.57. The van der Waals surface area contributed by atoms with Crippen LogP contribution in [0.25, 0.3) is 11.5 Å². The van der Waals surface area contributed by atoms with Crippen molar-refractivity contribution < 1.29 is 14.0 Å². The number of carbonyl (C=O) groups excluding carboxylic acids is 2. The predicted octanol–water partition coefficient (Wildman–Crippen LogP) is 2.95. The Kier molecular flexibility index (Phi) is 5.28. The summed E-state index contributed by atoms with van der Waals surface area (Å²) in [6.07, 6.45) is 0. The van der Waals surface area contributed by atoms with Crippen molar-refractivity contribution in [3.05, 3.63) is 65.0 Å². The van der Waals surface area contributed by atoms with E-state index in [0.29, 0.717) is 28.1 Å².